The number of hydrogen-bond acceptors (Lipinski definition) is 7. The number of anilines is 1. The van der Waals surface area contributed by atoms with E-state index in [2.05, 4.69) is 28.8 Å². The van der Waals surface area contributed by atoms with E-state index >= 15 is 0 Å². The second-order valence-corrected chi connectivity index (χ2v) is 6.37. The molecule has 0 aliphatic heterocycles. The number of nitrogens with one attached hydrogen (secondary N) is 1. The number of nitrogens with zero attached hydrogens (tertiary/aromatic N) is 2. The molecule has 0 atom stereocenters. The van der Waals surface area contributed by atoms with Gasteiger partial charge in [0.2, 0.25) is 5.75 Å². The van der Waals surface area contributed by atoms with Gasteiger partial charge in [-0.2, -0.15) is 0 Å². The minimum Gasteiger partial charge on any atom is -0.493 e. The topological polar surface area (TPSA) is 74.7 Å². The number of benzene rings is 1. The lowest BCUT2D eigenvalue weighted by Gasteiger charge is -2.16. The molecule has 0 saturated heterocycles. The lowest BCUT2D eigenvalue weighted by molar-refractivity contribution is 0.305. The zero-order valence-electron chi connectivity index (χ0n) is 17.8. The van der Waals surface area contributed by atoms with Crippen LogP contribution in [-0.2, 0) is 6.42 Å². The van der Waals surface area contributed by atoms with Crippen LogP contribution in [0.3, 0.4) is 0 Å². The van der Waals surface area contributed by atoms with Crippen LogP contribution in [0.2, 0.25) is 0 Å². The molecule has 1 aromatic carbocycles. The molecule has 7 nitrogen and oxygen atoms in total. The normalized spacial score (nSPS) is 10.3. The van der Waals surface area contributed by atoms with Gasteiger partial charge >= 0.3 is 0 Å². The van der Waals surface area contributed by atoms with E-state index in [4.69, 9.17) is 18.9 Å². The van der Waals surface area contributed by atoms with Gasteiger partial charge in [0.1, 0.15) is 0 Å². The number of unbranched alkanes of at least 4 members (excludes halogenated alkanes) is 1. The molecule has 0 saturated carbocycles. The Kier molecular flexibility index (Phi) is 9.08. The zero-order chi connectivity index (χ0) is 21.1. The maximum atomic E-state index is 5.95. The van der Waals surface area contributed by atoms with Crippen LogP contribution in [0.15, 0.2) is 24.9 Å². The van der Waals surface area contributed by atoms with E-state index in [1.165, 1.54) is 0 Å². The smallest absolute Gasteiger partial charge is 0.203 e. The molecule has 0 radical (unpaired) electrons. The van der Waals surface area contributed by atoms with Crippen molar-refractivity contribution in [3.05, 3.63) is 36.3 Å². The summed E-state index contributed by atoms with van der Waals surface area (Å²) >= 11 is 0. The van der Waals surface area contributed by atoms with Crippen molar-refractivity contribution in [1.29, 1.82) is 0 Å². The Hall–Kier alpha value is -2.96. The summed E-state index contributed by atoms with van der Waals surface area (Å²) < 4.78 is 22.3. The maximum absolute atomic E-state index is 5.95. The molecule has 2 rings (SSSR count). The molecule has 0 amide bonds. The van der Waals surface area contributed by atoms with Crippen LogP contribution in [0.1, 0.15) is 37.6 Å². The first-order chi connectivity index (χ1) is 14.2. The van der Waals surface area contributed by atoms with Crippen molar-refractivity contribution in [3.8, 4) is 23.0 Å². The molecule has 29 heavy (non-hydrogen) atoms. The third-order valence-corrected chi connectivity index (χ3v) is 4.41. The summed E-state index contributed by atoms with van der Waals surface area (Å²) in [7, 11) is 4.84. The van der Waals surface area contributed by atoms with Gasteiger partial charge in [0.25, 0.3) is 0 Å². The molecule has 0 bridgehead atoms. The van der Waals surface area contributed by atoms with E-state index in [1.54, 1.807) is 33.6 Å². The Morgan fingerprint density at radius 1 is 1.03 bits per heavy atom. The van der Waals surface area contributed by atoms with Crippen molar-refractivity contribution in [2.75, 3.05) is 39.8 Å². The molecule has 1 aromatic heterocycles. The summed E-state index contributed by atoms with van der Waals surface area (Å²) in [6, 6.07) is 3.87. The van der Waals surface area contributed by atoms with Crippen LogP contribution in [0.5, 0.6) is 23.0 Å². The Morgan fingerprint density at radius 3 is 2.48 bits per heavy atom. The van der Waals surface area contributed by atoms with E-state index in [1.807, 2.05) is 12.1 Å². The van der Waals surface area contributed by atoms with Crippen molar-refractivity contribution in [1.82, 2.24) is 9.97 Å². The largest absolute Gasteiger partial charge is 0.493 e. The van der Waals surface area contributed by atoms with Gasteiger partial charge in [-0.15, -0.1) is 0 Å². The lowest BCUT2D eigenvalue weighted by atomic mass is 10.1. The van der Waals surface area contributed by atoms with E-state index in [0.29, 0.717) is 41.2 Å². The lowest BCUT2D eigenvalue weighted by Crippen LogP contribution is -2.09. The highest BCUT2D eigenvalue weighted by atomic mass is 16.5. The summed E-state index contributed by atoms with van der Waals surface area (Å²) in [6.07, 6.45) is 7.05. The number of aromatic nitrogens is 2. The third-order valence-electron chi connectivity index (χ3n) is 4.41. The number of hydrogen-bond donors (Lipinski definition) is 1. The first-order valence-corrected chi connectivity index (χ1v) is 9.82. The molecule has 158 valence electrons. The highest BCUT2D eigenvalue weighted by molar-refractivity contribution is 5.56. The van der Waals surface area contributed by atoms with Gasteiger partial charge in [-0.25, -0.2) is 9.97 Å². The Labute approximate surface area is 173 Å². The molecule has 0 unspecified atom stereocenters. The van der Waals surface area contributed by atoms with Gasteiger partial charge in [0.15, 0.2) is 28.9 Å². The third kappa shape index (κ3) is 6.01. The number of ether oxygens (including phenoxy) is 4. The average molecular weight is 402 g/mol. The average Bonchev–Trinajstić information content (AvgIpc) is 2.76. The van der Waals surface area contributed by atoms with Crippen molar-refractivity contribution in [2.45, 2.75) is 32.6 Å². The number of methoxy groups -OCH3 is 3. The van der Waals surface area contributed by atoms with Crippen LogP contribution in [-0.4, -0.2) is 44.4 Å². The summed E-state index contributed by atoms with van der Waals surface area (Å²) in [6.45, 7) is 7.24. The van der Waals surface area contributed by atoms with E-state index in [-0.39, 0.29) is 0 Å². The van der Waals surface area contributed by atoms with E-state index in [0.717, 1.165) is 37.8 Å². The van der Waals surface area contributed by atoms with Crippen molar-refractivity contribution in [3.63, 3.8) is 0 Å². The minimum atomic E-state index is 0.525. The molecule has 0 spiro atoms. The van der Waals surface area contributed by atoms with Crippen molar-refractivity contribution >= 4 is 11.9 Å². The SMILES string of the molecule is C=Cc1ncc(OCCCc2ccc(OC)c(OC)c2OC)c(NCCCC)n1. The van der Waals surface area contributed by atoms with Gasteiger partial charge in [0, 0.05) is 6.54 Å². The predicted octanol–water partition coefficient (Wildman–Crippen LogP) is 4.37. The fraction of sp³-hybridized carbons (Fsp3) is 0.455. The molecule has 1 heterocycles. The quantitative estimate of drug-likeness (QED) is 0.500. The monoisotopic (exact) mass is 401 g/mol. The molecule has 0 aliphatic rings. The van der Waals surface area contributed by atoms with Crippen LogP contribution in [0.4, 0.5) is 5.82 Å². The zero-order valence-corrected chi connectivity index (χ0v) is 17.8. The highest BCUT2D eigenvalue weighted by Gasteiger charge is 2.15. The highest BCUT2D eigenvalue weighted by Crippen LogP contribution is 2.40. The fourth-order valence-corrected chi connectivity index (χ4v) is 2.90. The minimum absolute atomic E-state index is 0.525. The van der Waals surface area contributed by atoms with Crippen LogP contribution in [0, 0.1) is 0 Å². The Balaban J connectivity index is 2.01. The maximum Gasteiger partial charge on any atom is 0.203 e. The predicted molar refractivity (Wildman–Crippen MR) is 115 cm³/mol. The second kappa shape index (κ2) is 11.8. The molecule has 2 aromatic rings. The Morgan fingerprint density at radius 2 is 1.83 bits per heavy atom. The van der Waals surface area contributed by atoms with Gasteiger partial charge in [-0.3, -0.25) is 0 Å². The molecule has 0 aliphatic carbocycles. The van der Waals surface area contributed by atoms with E-state index < -0.39 is 0 Å². The molecule has 7 heteroatoms. The number of aryl methyl sites for hydroxylation is 1. The summed E-state index contributed by atoms with van der Waals surface area (Å²) in [5.74, 6) is 3.85. The van der Waals surface area contributed by atoms with Crippen LogP contribution in [0.25, 0.3) is 6.08 Å². The first kappa shape index (κ1) is 22.3. The summed E-state index contributed by atoms with van der Waals surface area (Å²) in [4.78, 5) is 8.70. The van der Waals surface area contributed by atoms with Gasteiger partial charge in [0.05, 0.1) is 34.1 Å². The molecular formula is C22H31N3O4. The van der Waals surface area contributed by atoms with Crippen molar-refractivity contribution < 1.29 is 18.9 Å². The molecule has 1 N–H and O–H groups in total. The fourth-order valence-electron chi connectivity index (χ4n) is 2.90. The van der Waals surface area contributed by atoms with Gasteiger partial charge in [-0.1, -0.05) is 26.0 Å². The van der Waals surface area contributed by atoms with Crippen molar-refractivity contribution in [2.24, 2.45) is 0 Å². The summed E-state index contributed by atoms with van der Waals surface area (Å²) in [5.41, 5.74) is 1.04. The van der Waals surface area contributed by atoms with E-state index in [9.17, 15) is 0 Å². The standard InChI is InChI=1S/C22H31N3O4/c1-6-8-13-23-22-18(15-24-19(7-2)25-22)29-14-9-10-16-11-12-17(26-3)21(28-5)20(16)27-4/h7,11-12,15H,2,6,8-10,13-14H2,1,3-5H3,(H,23,24,25). The summed E-state index contributed by atoms with van der Waals surface area (Å²) in [5, 5.41) is 3.32. The molecule has 0 fully saturated rings. The van der Waals surface area contributed by atoms with Gasteiger partial charge in [-0.05, 0) is 37.0 Å². The molecular weight excluding hydrogens is 370 g/mol. The second-order valence-electron chi connectivity index (χ2n) is 6.37. The Bertz CT molecular complexity index is 796. The first-order valence-electron chi connectivity index (χ1n) is 9.82. The number of rotatable bonds is 13. The van der Waals surface area contributed by atoms with Crippen LogP contribution >= 0.6 is 0 Å². The van der Waals surface area contributed by atoms with Gasteiger partial charge < -0.3 is 24.3 Å². The van der Waals surface area contributed by atoms with Crippen LogP contribution < -0.4 is 24.3 Å².